The summed E-state index contributed by atoms with van der Waals surface area (Å²) in [6.07, 6.45) is 0.488. The van der Waals surface area contributed by atoms with Crippen molar-refractivity contribution in [3.63, 3.8) is 0 Å². The molecular weight excluding hydrogens is 292 g/mol. The monoisotopic (exact) mass is 320 g/mol. The second-order valence-corrected chi connectivity index (χ2v) is 5.18. The Morgan fingerprint density at radius 3 is 2.24 bits per heavy atom. The molecule has 0 aromatic heterocycles. The third-order valence-corrected chi connectivity index (χ3v) is 3.70. The summed E-state index contributed by atoms with van der Waals surface area (Å²) in [5.41, 5.74) is 0. The highest BCUT2D eigenvalue weighted by Crippen LogP contribution is 1.99. The van der Waals surface area contributed by atoms with Crippen molar-refractivity contribution in [2.24, 2.45) is 0 Å². The van der Waals surface area contributed by atoms with Gasteiger partial charge in [0, 0.05) is 52.2 Å². The Morgan fingerprint density at radius 2 is 1.71 bits per heavy atom. The minimum atomic E-state index is 0. The van der Waals surface area contributed by atoms with Crippen LogP contribution in [0.15, 0.2) is 0 Å². The van der Waals surface area contributed by atoms with E-state index in [1.807, 2.05) is 35.6 Å². The summed E-state index contributed by atoms with van der Waals surface area (Å²) in [7, 11) is 1.90. The fourth-order valence-corrected chi connectivity index (χ4v) is 2.35. The molecule has 0 saturated carbocycles. The van der Waals surface area contributed by atoms with Crippen LogP contribution in [0.3, 0.4) is 0 Å². The molecule has 1 saturated heterocycles. The van der Waals surface area contributed by atoms with Crippen molar-refractivity contribution >= 4 is 24.2 Å². The van der Waals surface area contributed by atoms with Crippen molar-refractivity contribution in [3.8, 4) is 0 Å². The van der Waals surface area contributed by atoms with Gasteiger partial charge in [-0.2, -0.15) is 0 Å². The van der Waals surface area contributed by atoms with Crippen LogP contribution < -0.4 is 5.32 Å². The first-order chi connectivity index (χ1) is 9.58. The van der Waals surface area contributed by atoms with Gasteiger partial charge in [-0.3, -0.25) is 14.5 Å². The van der Waals surface area contributed by atoms with Crippen LogP contribution in [-0.2, 0) is 9.59 Å². The molecule has 6 nitrogen and oxygen atoms in total. The third kappa shape index (κ3) is 7.11. The number of halogens is 1. The van der Waals surface area contributed by atoms with E-state index in [2.05, 4.69) is 5.32 Å². The van der Waals surface area contributed by atoms with E-state index in [0.29, 0.717) is 19.5 Å². The molecule has 1 aliphatic rings. The van der Waals surface area contributed by atoms with Crippen molar-refractivity contribution in [3.05, 3.63) is 0 Å². The number of likely N-dealkylation sites (N-methyl/N-ethyl adjacent to an activating group) is 2. The number of nitrogens with one attached hydrogen (secondary N) is 1. The Hall–Kier alpha value is -0.850. The van der Waals surface area contributed by atoms with Gasteiger partial charge in [0.15, 0.2) is 0 Å². The van der Waals surface area contributed by atoms with E-state index in [0.717, 1.165) is 39.3 Å². The number of hydrogen-bond donors (Lipinski definition) is 1. The lowest BCUT2D eigenvalue weighted by Crippen LogP contribution is -2.47. The molecule has 0 bridgehead atoms. The Morgan fingerprint density at radius 1 is 1.14 bits per heavy atom. The summed E-state index contributed by atoms with van der Waals surface area (Å²) in [6.45, 7) is 9.80. The van der Waals surface area contributed by atoms with Gasteiger partial charge in [-0.15, -0.1) is 12.4 Å². The molecule has 7 heteroatoms. The van der Waals surface area contributed by atoms with Crippen LogP contribution >= 0.6 is 12.4 Å². The lowest BCUT2D eigenvalue weighted by molar-refractivity contribution is -0.134. The van der Waals surface area contributed by atoms with Crippen molar-refractivity contribution in [2.45, 2.75) is 20.3 Å². The van der Waals surface area contributed by atoms with Crippen LogP contribution in [0.1, 0.15) is 20.3 Å². The first-order valence-electron chi connectivity index (χ1n) is 7.53. The van der Waals surface area contributed by atoms with E-state index >= 15 is 0 Å². The standard InChI is InChI=1S/C14H28N4O2.ClH/c1-4-17(5-2)14(20)12-16(3)9-6-13(19)18-10-7-15-8-11-18;/h15H,4-12H2,1-3H3;1H. The molecule has 124 valence electrons. The van der Waals surface area contributed by atoms with Crippen LogP contribution in [0.25, 0.3) is 0 Å². The topological polar surface area (TPSA) is 55.9 Å². The number of nitrogens with zero attached hydrogens (tertiary/aromatic N) is 3. The fourth-order valence-electron chi connectivity index (χ4n) is 2.35. The lowest BCUT2D eigenvalue weighted by atomic mass is 10.3. The van der Waals surface area contributed by atoms with Crippen LogP contribution in [0.4, 0.5) is 0 Å². The fraction of sp³-hybridized carbons (Fsp3) is 0.857. The molecule has 0 atom stereocenters. The quantitative estimate of drug-likeness (QED) is 0.719. The highest BCUT2D eigenvalue weighted by atomic mass is 35.5. The molecule has 2 amide bonds. The van der Waals surface area contributed by atoms with Gasteiger partial charge in [0.25, 0.3) is 0 Å². The highest BCUT2D eigenvalue weighted by molar-refractivity contribution is 5.85. The van der Waals surface area contributed by atoms with Crippen molar-refractivity contribution in [1.29, 1.82) is 0 Å². The Labute approximate surface area is 134 Å². The molecule has 0 aliphatic carbocycles. The minimum Gasteiger partial charge on any atom is -0.342 e. The second kappa shape index (κ2) is 10.8. The van der Waals surface area contributed by atoms with Gasteiger partial charge >= 0.3 is 0 Å². The number of rotatable bonds is 7. The average molecular weight is 321 g/mol. The zero-order chi connectivity index (χ0) is 15.0. The third-order valence-electron chi connectivity index (χ3n) is 3.70. The van der Waals surface area contributed by atoms with E-state index in [1.165, 1.54) is 0 Å². The van der Waals surface area contributed by atoms with Gasteiger partial charge in [0.2, 0.25) is 11.8 Å². The molecule has 0 aromatic rings. The summed E-state index contributed by atoms with van der Waals surface area (Å²) < 4.78 is 0. The van der Waals surface area contributed by atoms with Gasteiger partial charge in [-0.1, -0.05) is 0 Å². The Balaban J connectivity index is 0.00000400. The molecule has 0 unspecified atom stereocenters. The maximum atomic E-state index is 12.0. The summed E-state index contributed by atoms with van der Waals surface area (Å²) in [5.74, 6) is 0.320. The normalized spacial score (nSPS) is 14.8. The van der Waals surface area contributed by atoms with Crippen molar-refractivity contribution in [2.75, 3.05) is 59.4 Å². The first kappa shape index (κ1) is 20.1. The zero-order valence-electron chi connectivity index (χ0n) is 13.4. The van der Waals surface area contributed by atoms with Gasteiger partial charge in [-0.05, 0) is 20.9 Å². The van der Waals surface area contributed by atoms with Gasteiger partial charge in [-0.25, -0.2) is 0 Å². The highest BCUT2D eigenvalue weighted by Gasteiger charge is 2.17. The molecule has 1 aliphatic heterocycles. The Bertz CT molecular complexity index is 318. The molecule has 1 fully saturated rings. The van der Waals surface area contributed by atoms with Crippen LogP contribution in [0.5, 0.6) is 0 Å². The van der Waals surface area contributed by atoms with Gasteiger partial charge in [0.05, 0.1) is 6.54 Å². The van der Waals surface area contributed by atoms with Gasteiger partial charge < -0.3 is 15.1 Å². The number of amides is 2. The molecule has 0 radical (unpaired) electrons. The molecule has 1 rings (SSSR count). The SMILES string of the molecule is CCN(CC)C(=O)CN(C)CCC(=O)N1CCNCC1.Cl. The summed E-state index contributed by atoms with van der Waals surface area (Å²) in [5, 5.41) is 3.23. The summed E-state index contributed by atoms with van der Waals surface area (Å²) in [6, 6.07) is 0. The molecule has 1 N–H and O–H groups in total. The molecule has 21 heavy (non-hydrogen) atoms. The van der Waals surface area contributed by atoms with Gasteiger partial charge in [0.1, 0.15) is 0 Å². The van der Waals surface area contributed by atoms with Crippen LogP contribution in [-0.4, -0.2) is 85.9 Å². The van der Waals surface area contributed by atoms with E-state index in [4.69, 9.17) is 0 Å². The zero-order valence-corrected chi connectivity index (χ0v) is 14.2. The first-order valence-corrected chi connectivity index (χ1v) is 7.53. The minimum absolute atomic E-state index is 0. The van der Waals surface area contributed by atoms with E-state index < -0.39 is 0 Å². The molecule has 1 heterocycles. The second-order valence-electron chi connectivity index (χ2n) is 5.18. The largest absolute Gasteiger partial charge is 0.342 e. The number of hydrogen-bond acceptors (Lipinski definition) is 4. The summed E-state index contributed by atoms with van der Waals surface area (Å²) in [4.78, 5) is 29.6. The van der Waals surface area contributed by atoms with E-state index in [1.54, 1.807) is 0 Å². The van der Waals surface area contributed by atoms with Crippen LogP contribution in [0.2, 0.25) is 0 Å². The molecule has 0 aromatic carbocycles. The number of carbonyl (C=O) groups is 2. The number of piperazine rings is 1. The maximum absolute atomic E-state index is 12.0. The van der Waals surface area contributed by atoms with Crippen LogP contribution in [0, 0.1) is 0 Å². The van der Waals surface area contributed by atoms with E-state index in [-0.39, 0.29) is 24.2 Å². The Kier molecular flexibility index (Phi) is 10.4. The summed E-state index contributed by atoms with van der Waals surface area (Å²) >= 11 is 0. The predicted molar refractivity (Wildman–Crippen MR) is 86.7 cm³/mol. The van der Waals surface area contributed by atoms with E-state index in [9.17, 15) is 9.59 Å². The maximum Gasteiger partial charge on any atom is 0.236 e. The number of carbonyl (C=O) groups excluding carboxylic acids is 2. The lowest BCUT2D eigenvalue weighted by Gasteiger charge is -2.28. The molecular formula is C14H29ClN4O2. The molecule has 0 spiro atoms. The van der Waals surface area contributed by atoms with Crippen molar-refractivity contribution in [1.82, 2.24) is 20.0 Å². The van der Waals surface area contributed by atoms with Crippen molar-refractivity contribution < 1.29 is 9.59 Å². The smallest absolute Gasteiger partial charge is 0.236 e. The predicted octanol–water partition coefficient (Wildman–Crippen LogP) is 0.0303. The average Bonchev–Trinajstić information content (AvgIpc) is 2.47.